The number of nitrogens with two attached hydrogens (primary N) is 1. The van der Waals surface area contributed by atoms with Crippen LogP contribution in [0.3, 0.4) is 0 Å². The van der Waals surface area contributed by atoms with Gasteiger partial charge in [-0.25, -0.2) is 4.98 Å². The fourth-order valence-electron chi connectivity index (χ4n) is 2.26. The van der Waals surface area contributed by atoms with Gasteiger partial charge in [0.2, 0.25) is 5.95 Å². The molecule has 0 saturated carbocycles. The highest BCUT2D eigenvalue weighted by Crippen LogP contribution is 2.30. The smallest absolute Gasteiger partial charge is 0.280 e. The largest absolute Gasteiger partial charge is 0.394 e. The predicted molar refractivity (Wildman–Crippen MR) is 87.7 cm³/mol. The van der Waals surface area contributed by atoms with Crippen molar-refractivity contribution < 1.29 is 34.2 Å². The van der Waals surface area contributed by atoms with Crippen LogP contribution in [0, 0.1) is 0 Å². The van der Waals surface area contributed by atoms with Crippen LogP contribution < -0.4 is 11.3 Å². The molecule has 15 heteroatoms. The van der Waals surface area contributed by atoms with Crippen molar-refractivity contribution in [2.45, 2.75) is 24.5 Å². The standard InChI is InChI=1S/C10H13N5O5.H4O3P2/c11-10-13-7-4(8(19)14-10)12-2-15(7)9-6(18)5(17)3(1-16)20-9;1-4-3-5-2/h2-3,5-6,9,16-18H,1H2,(H3,11,13,14,19);1-2,4-5H/t3-,5-,6-,9-;/m1./s1. The zero-order valence-electron chi connectivity index (χ0n) is 12.5. The van der Waals surface area contributed by atoms with E-state index in [9.17, 15) is 15.0 Å². The maximum atomic E-state index is 11.7. The van der Waals surface area contributed by atoms with Crippen LogP contribution in [0.25, 0.3) is 11.2 Å². The molecule has 25 heavy (non-hydrogen) atoms. The molecule has 0 aliphatic carbocycles. The zero-order chi connectivity index (χ0) is 18.6. The number of H-pyrrole nitrogens is 1. The van der Waals surface area contributed by atoms with Gasteiger partial charge in [-0.15, -0.1) is 0 Å². The molecule has 13 nitrogen and oxygen atoms in total. The van der Waals surface area contributed by atoms with Crippen LogP contribution in [0.4, 0.5) is 5.95 Å². The van der Waals surface area contributed by atoms with E-state index in [-0.39, 0.29) is 17.1 Å². The number of rotatable bonds is 4. The summed E-state index contributed by atoms with van der Waals surface area (Å²) in [4.78, 5) is 37.2. The molecule has 2 aromatic rings. The van der Waals surface area contributed by atoms with Gasteiger partial charge < -0.3 is 35.6 Å². The quantitative estimate of drug-likeness (QED) is 0.264. The van der Waals surface area contributed by atoms with E-state index in [4.69, 9.17) is 25.4 Å². The summed E-state index contributed by atoms with van der Waals surface area (Å²) in [5, 5.41) is 28.7. The third-order valence-corrected chi connectivity index (χ3v) is 4.06. The highest BCUT2D eigenvalue weighted by molar-refractivity contribution is 7.39. The molecule has 0 radical (unpaired) electrons. The second-order valence-electron chi connectivity index (χ2n) is 4.79. The van der Waals surface area contributed by atoms with Crippen molar-refractivity contribution in [1.82, 2.24) is 19.5 Å². The Balaban J connectivity index is 0.000000399. The minimum atomic E-state index is -1.29. The highest BCUT2D eigenvalue weighted by atomic mass is 31.2. The molecule has 1 aliphatic rings. The first-order valence-corrected chi connectivity index (χ1v) is 8.44. The number of nitrogens with zero attached hydrogens (tertiary/aromatic N) is 3. The van der Waals surface area contributed by atoms with E-state index in [1.807, 2.05) is 0 Å². The van der Waals surface area contributed by atoms with Crippen LogP contribution in [0.15, 0.2) is 11.1 Å². The number of aromatic nitrogens is 4. The molecular formula is C10H17N5O8P2. The molecule has 0 spiro atoms. The molecule has 0 amide bonds. The van der Waals surface area contributed by atoms with Crippen LogP contribution in [-0.4, -0.2) is 69.5 Å². The van der Waals surface area contributed by atoms with Gasteiger partial charge in [0.1, 0.15) is 18.3 Å². The van der Waals surface area contributed by atoms with E-state index in [1.54, 1.807) is 0 Å². The van der Waals surface area contributed by atoms with Crippen LogP contribution >= 0.6 is 18.1 Å². The van der Waals surface area contributed by atoms with E-state index < -0.39 is 54.8 Å². The van der Waals surface area contributed by atoms with Gasteiger partial charge in [-0.05, 0) is 0 Å². The number of nitrogens with one attached hydrogen (secondary N) is 1. The Labute approximate surface area is 143 Å². The molecule has 0 aromatic carbocycles. The van der Waals surface area contributed by atoms with Gasteiger partial charge in [-0.1, -0.05) is 0 Å². The number of aliphatic hydroxyl groups excluding tert-OH is 3. The minimum Gasteiger partial charge on any atom is -0.394 e. The summed E-state index contributed by atoms with van der Waals surface area (Å²) < 4.78 is 10.6. The van der Waals surface area contributed by atoms with E-state index in [1.165, 1.54) is 10.9 Å². The van der Waals surface area contributed by atoms with Crippen molar-refractivity contribution >= 4 is 35.2 Å². The fraction of sp³-hybridized carbons (Fsp3) is 0.500. The van der Waals surface area contributed by atoms with Gasteiger partial charge in [-0.2, -0.15) is 4.98 Å². The molecule has 2 unspecified atom stereocenters. The first-order chi connectivity index (χ1) is 11.9. The second kappa shape index (κ2) is 8.90. The normalized spacial score (nSPS) is 26.8. The third kappa shape index (κ3) is 4.29. The first kappa shape index (κ1) is 20.0. The third-order valence-electron chi connectivity index (χ3n) is 3.33. The SMILES string of the molecule is Nc1nc2c(ncn2[C@@H]2O[C@H](CO)[C@@H](O)[C@H]2O)c(=O)[nH]1.OPOPO. The lowest BCUT2D eigenvalue weighted by atomic mass is 10.1. The minimum absolute atomic E-state index is 0.0388. The van der Waals surface area contributed by atoms with Crippen LogP contribution in [0.1, 0.15) is 6.23 Å². The lowest BCUT2D eigenvalue weighted by Gasteiger charge is -2.16. The molecule has 3 heterocycles. The van der Waals surface area contributed by atoms with E-state index in [0.29, 0.717) is 0 Å². The van der Waals surface area contributed by atoms with Crippen molar-refractivity contribution in [1.29, 1.82) is 0 Å². The Morgan fingerprint density at radius 1 is 1.36 bits per heavy atom. The summed E-state index contributed by atoms with van der Waals surface area (Å²) >= 11 is 0. The number of imidazole rings is 1. The fourth-order valence-corrected chi connectivity index (χ4v) is 2.42. The number of anilines is 1. The maximum absolute atomic E-state index is 11.7. The van der Waals surface area contributed by atoms with Gasteiger partial charge in [0.05, 0.1) is 12.9 Å². The summed E-state index contributed by atoms with van der Waals surface area (Å²) in [6, 6.07) is 0. The first-order valence-electron chi connectivity index (χ1n) is 6.73. The predicted octanol–water partition coefficient (Wildman–Crippen LogP) is -2.68. The average molecular weight is 397 g/mol. The van der Waals surface area contributed by atoms with Gasteiger partial charge in [-0.3, -0.25) is 18.7 Å². The number of aliphatic hydroxyl groups is 3. The van der Waals surface area contributed by atoms with Crippen molar-refractivity contribution in [2.24, 2.45) is 0 Å². The van der Waals surface area contributed by atoms with Crippen molar-refractivity contribution in [2.75, 3.05) is 12.3 Å². The van der Waals surface area contributed by atoms with Gasteiger partial charge in [0.25, 0.3) is 5.56 Å². The summed E-state index contributed by atoms with van der Waals surface area (Å²) in [5.74, 6) is -0.101. The summed E-state index contributed by atoms with van der Waals surface area (Å²) in [7, 11) is -1.16. The molecule has 3 rings (SSSR count). The van der Waals surface area contributed by atoms with Crippen LogP contribution in [0.2, 0.25) is 0 Å². The Morgan fingerprint density at radius 3 is 2.56 bits per heavy atom. The molecule has 1 aliphatic heterocycles. The monoisotopic (exact) mass is 397 g/mol. The van der Waals surface area contributed by atoms with Crippen molar-refractivity contribution in [3.8, 4) is 0 Å². The number of hydrogen-bond donors (Lipinski definition) is 7. The molecule has 1 fully saturated rings. The number of nitrogen functional groups attached to an aromatic ring is 1. The Kier molecular flexibility index (Phi) is 7.14. The van der Waals surface area contributed by atoms with Gasteiger partial charge >= 0.3 is 0 Å². The Bertz CT molecular complexity index is 754. The lowest BCUT2D eigenvalue weighted by molar-refractivity contribution is -0.0511. The number of fused-ring (bicyclic) bond motifs is 1. The van der Waals surface area contributed by atoms with Gasteiger partial charge in [0.15, 0.2) is 35.5 Å². The van der Waals surface area contributed by atoms with Crippen molar-refractivity contribution in [3.05, 3.63) is 16.7 Å². The zero-order valence-corrected chi connectivity index (χ0v) is 14.5. The van der Waals surface area contributed by atoms with E-state index in [2.05, 4.69) is 19.3 Å². The Hall–Kier alpha value is -1.27. The summed E-state index contributed by atoms with van der Waals surface area (Å²) in [5.41, 5.74) is 5.12. The molecule has 2 aromatic heterocycles. The lowest BCUT2D eigenvalue weighted by Crippen LogP contribution is -2.33. The topological polar surface area (TPSA) is 209 Å². The average Bonchev–Trinajstić information content (AvgIpc) is 3.11. The highest BCUT2D eigenvalue weighted by Gasteiger charge is 2.44. The number of hydrogen-bond acceptors (Lipinski definition) is 11. The van der Waals surface area contributed by atoms with Gasteiger partial charge in [0, 0.05) is 0 Å². The molecule has 0 bridgehead atoms. The Morgan fingerprint density at radius 2 is 2.04 bits per heavy atom. The summed E-state index contributed by atoms with van der Waals surface area (Å²) in [6.45, 7) is -0.447. The molecular weight excluding hydrogens is 380 g/mol. The van der Waals surface area contributed by atoms with E-state index in [0.717, 1.165) is 0 Å². The van der Waals surface area contributed by atoms with Crippen LogP contribution in [-0.2, 0) is 9.05 Å². The molecule has 140 valence electrons. The number of ether oxygens (including phenoxy) is 1. The second-order valence-corrected chi connectivity index (χ2v) is 5.97. The maximum Gasteiger partial charge on any atom is 0.280 e. The molecule has 6 atom stereocenters. The molecule has 8 N–H and O–H groups in total. The van der Waals surface area contributed by atoms with E-state index >= 15 is 0 Å². The van der Waals surface area contributed by atoms with Crippen LogP contribution in [0.5, 0.6) is 0 Å². The number of aromatic amines is 1. The van der Waals surface area contributed by atoms with Crippen molar-refractivity contribution in [3.63, 3.8) is 0 Å². The molecule has 1 saturated heterocycles. The summed E-state index contributed by atoms with van der Waals surface area (Å²) in [6.07, 6.45) is -3.21.